The van der Waals surface area contributed by atoms with Crippen LogP contribution in [-0.2, 0) is 30.7 Å². The van der Waals surface area contributed by atoms with Gasteiger partial charge in [0.2, 0.25) is 5.41 Å². The number of nitrogens with one attached hydrogen (secondary N) is 2. The monoisotopic (exact) mass is 748 g/mol. The fourth-order valence-corrected chi connectivity index (χ4v) is 5.16. The second-order valence-electron chi connectivity index (χ2n) is 12.4. The molecule has 4 aromatic rings. The number of halogens is 3. The molecule has 11 nitrogen and oxygen atoms in total. The van der Waals surface area contributed by atoms with Gasteiger partial charge in [0, 0.05) is 11.6 Å². The summed E-state index contributed by atoms with van der Waals surface area (Å²) in [7, 11) is 0. The van der Waals surface area contributed by atoms with E-state index < -0.39 is 59.8 Å². The zero-order valence-electron chi connectivity index (χ0n) is 29.9. The Labute approximate surface area is 309 Å². The number of carboxylic acid groups (broad SMARTS) is 1. The first kappa shape index (κ1) is 40.6. The average molecular weight is 749 g/mol. The molecule has 284 valence electrons. The van der Waals surface area contributed by atoms with Crippen molar-refractivity contribution in [2.75, 3.05) is 11.9 Å². The first-order valence-corrected chi connectivity index (χ1v) is 17.0. The van der Waals surface area contributed by atoms with Crippen molar-refractivity contribution in [1.82, 2.24) is 5.32 Å². The van der Waals surface area contributed by atoms with Crippen LogP contribution in [0.4, 0.5) is 23.7 Å². The number of carbonyl (C=O) groups excluding carboxylic acids is 4. The Morgan fingerprint density at radius 3 is 2.02 bits per heavy atom. The number of amides is 2. The number of aliphatic carboxylic acids is 1. The van der Waals surface area contributed by atoms with Crippen LogP contribution in [0.3, 0.4) is 0 Å². The average Bonchev–Trinajstić information content (AvgIpc) is 3.15. The van der Waals surface area contributed by atoms with Crippen molar-refractivity contribution >= 4 is 35.6 Å². The topological polar surface area (TPSA) is 157 Å². The van der Waals surface area contributed by atoms with Gasteiger partial charge in [-0.2, -0.15) is 13.2 Å². The van der Waals surface area contributed by atoms with E-state index in [9.17, 15) is 42.3 Å². The molecule has 0 radical (unpaired) electrons. The summed E-state index contributed by atoms with van der Waals surface area (Å²) in [5.41, 5.74) is -2.62. The van der Waals surface area contributed by atoms with E-state index in [1.165, 1.54) is 54.6 Å². The third kappa shape index (κ3) is 9.62. The van der Waals surface area contributed by atoms with Gasteiger partial charge in [0.05, 0.1) is 22.9 Å². The van der Waals surface area contributed by atoms with Gasteiger partial charge in [-0.3, -0.25) is 19.2 Å². The van der Waals surface area contributed by atoms with Crippen molar-refractivity contribution in [3.63, 3.8) is 0 Å². The number of alkyl halides is 3. The SMILES string of the molecule is CCC(C)NC(=O)c1cc(OC(=O)OCC(C(=O)O)(C(=O)OC(C)CC)c2ccccc2)ccc1NC(=O)c1ccccc1-c1ccc(C(F)(F)F)cc1. The lowest BCUT2D eigenvalue weighted by Crippen LogP contribution is -2.50. The molecule has 2 amide bonds. The highest BCUT2D eigenvalue weighted by Crippen LogP contribution is 2.33. The zero-order valence-corrected chi connectivity index (χ0v) is 29.9. The van der Waals surface area contributed by atoms with Crippen LogP contribution in [-0.4, -0.2) is 53.8 Å². The van der Waals surface area contributed by atoms with Crippen LogP contribution in [0, 0.1) is 0 Å². The van der Waals surface area contributed by atoms with E-state index in [1.54, 1.807) is 45.0 Å². The molecule has 3 unspecified atom stereocenters. The number of ether oxygens (including phenoxy) is 3. The summed E-state index contributed by atoms with van der Waals surface area (Å²) < 4.78 is 55.4. The summed E-state index contributed by atoms with van der Waals surface area (Å²) in [5, 5.41) is 15.7. The summed E-state index contributed by atoms with van der Waals surface area (Å²) in [6.07, 6.45) is -5.62. The maximum Gasteiger partial charge on any atom is 0.513 e. The number of rotatable bonds is 14. The lowest BCUT2D eigenvalue weighted by molar-refractivity contribution is -0.167. The predicted molar refractivity (Wildman–Crippen MR) is 192 cm³/mol. The molecule has 0 saturated heterocycles. The number of esters is 1. The van der Waals surface area contributed by atoms with Crippen LogP contribution >= 0.6 is 0 Å². The van der Waals surface area contributed by atoms with Gasteiger partial charge >= 0.3 is 24.3 Å². The molecule has 0 aliphatic carbocycles. The first-order valence-electron chi connectivity index (χ1n) is 17.0. The van der Waals surface area contributed by atoms with E-state index in [-0.39, 0.29) is 34.2 Å². The maximum absolute atomic E-state index is 13.6. The lowest BCUT2D eigenvalue weighted by atomic mass is 9.81. The summed E-state index contributed by atoms with van der Waals surface area (Å²) in [5.74, 6) is -4.32. The number of carboxylic acids is 1. The van der Waals surface area contributed by atoms with E-state index in [1.807, 2.05) is 6.92 Å². The number of benzene rings is 4. The van der Waals surface area contributed by atoms with Gasteiger partial charge in [-0.25, -0.2) is 4.79 Å². The fourth-order valence-electron chi connectivity index (χ4n) is 5.16. The highest BCUT2D eigenvalue weighted by molar-refractivity contribution is 6.12. The van der Waals surface area contributed by atoms with Crippen LogP contribution < -0.4 is 15.4 Å². The van der Waals surface area contributed by atoms with Gasteiger partial charge in [-0.05, 0) is 79.8 Å². The molecule has 3 N–H and O–H groups in total. The maximum atomic E-state index is 13.6. The molecule has 0 spiro atoms. The Morgan fingerprint density at radius 2 is 1.41 bits per heavy atom. The zero-order chi connectivity index (χ0) is 39.6. The lowest BCUT2D eigenvalue weighted by Gasteiger charge is -2.28. The van der Waals surface area contributed by atoms with Crippen molar-refractivity contribution in [2.45, 2.75) is 64.3 Å². The van der Waals surface area contributed by atoms with Crippen molar-refractivity contribution < 1.29 is 56.5 Å². The van der Waals surface area contributed by atoms with E-state index in [2.05, 4.69) is 10.6 Å². The Bertz CT molecular complexity index is 1980. The van der Waals surface area contributed by atoms with Crippen molar-refractivity contribution in [2.24, 2.45) is 0 Å². The van der Waals surface area contributed by atoms with Crippen molar-refractivity contribution in [3.8, 4) is 16.9 Å². The largest absolute Gasteiger partial charge is 0.513 e. The summed E-state index contributed by atoms with van der Waals surface area (Å²) in [6.45, 7) is 5.93. The number of hydrogen-bond acceptors (Lipinski definition) is 8. The second-order valence-corrected chi connectivity index (χ2v) is 12.4. The summed E-state index contributed by atoms with van der Waals surface area (Å²) >= 11 is 0. The van der Waals surface area contributed by atoms with Gasteiger partial charge in [0.15, 0.2) is 0 Å². The van der Waals surface area contributed by atoms with Crippen LogP contribution in [0.25, 0.3) is 11.1 Å². The third-order valence-electron chi connectivity index (χ3n) is 8.64. The van der Waals surface area contributed by atoms with Gasteiger partial charge in [0.1, 0.15) is 12.4 Å². The number of hydrogen-bond donors (Lipinski definition) is 3. The molecule has 4 rings (SSSR count). The van der Waals surface area contributed by atoms with Crippen LogP contribution in [0.2, 0.25) is 0 Å². The van der Waals surface area contributed by atoms with Gasteiger partial charge in [-0.1, -0.05) is 74.5 Å². The van der Waals surface area contributed by atoms with E-state index >= 15 is 0 Å². The first-order chi connectivity index (χ1) is 25.6. The molecule has 0 saturated carbocycles. The molecular formula is C40H39F3N2O9. The normalized spacial score (nSPS) is 13.4. The minimum Gasteiger partial charge on any atom is -0.480 e. The Kier molecular flexibility index (Phi) is 13.2. The molecule has 0 fully saturated rings. The standard InChI is InChI=1S/C40H39F3N2O9/c1-5-24(3)44-35(47)32-22-29(54-38(51)52-23-39(36(48)49,27-12-8-7-9-13-27)37(50)53-25(4)6-2)20-21-33(32)45-34(46)31-15-11-10-14-30(31)26-16-18-28(19-17-26)40(41,42)43/h7-22,24-25H,5-6,23H2,1-4H3,(H,44,47)(H,45,46)(H,48,49). The molecule has 54 heavy (non-hydrogen) atoms. The Morgan fingerprint density at radius 1 is 0.759 bits per heavy atom. The summed E-state index contributed by atoms with van der Waals surface area (Å²) in [6, 6.07) is 21.4. The number of anilines is 1. The quantitative estimate of drug-likeness (QED) is 0.0660. The Balaban J connectivity index is 1.61. The molecule has 0 aliphatic rings. The highest BCUT2D eigenvalue weighted by Gasteiger charge is 2.51. The van der Waals surface area contributed by atoms with Crippen LogP contribution in [0.1, 0.15) is 72.4 Å². The molecule has 0 heterocycles. The predicted octanol–water partition coefficient (Wildman–Crippen LogP) is 8.03. The van der Waals surface area contributed by atoms with Crippen molar-refractivity contribution in [3.05, 3.63) is 119 Å². The molecular weight excluding hydrogens is 709 g/mol. The van der Waals surface area contributed by atoms with Crippen LogP contribution in [0.5, 0.6) is 5.75 Å². The number of carbonyl (C=O) groups is 5. The molecule has 0 aromatic heterocycles. The van der Waals surface area contributed by atoms with Gasteiger partial charge in [0.25, 0.3) is 11.8 Å². The van der Waals surface area contributed by atoms with Crippen LogP contribution in [0.15, 0.2) is 97.1 Å². The molecule has 14 heteroatoms. The Hall–Kier alpha value is -6.18. The molecule has 0 bridgehead atoms. The van der Waals surface area contributed by atoms with E-state index in [0.717, 1.165) is 18.2 Å². The van der Waals surface area contributed by atoms with E-state index in [4.69, 9.17) is 14.2 Å². The van der Waals surface area contributed by atoms with Crippen molar-refractivity contribution in [1.29, 1.82) is 0 Å². The fraction of sp³-hybridized carbons (Fsp3) is 0.275. The molecule has 3 atom stereocenters. The highest BCUT2D eigenvalue weighted by atomic mass is 19.4. The molecule has 0 aliphatic heterocycles. The van der Waals surface area contributed by atoms with E-state index in [0.29, 0.717) is 24.0 Å². The third-order valence-corrected chi connectivity index (χ3v) is 8.64. The van der Waals surface area contributed by atoms with Gasteiger partial charge in [-0.15, -0.1) is 0 Å². The minimum absolute atomic E-state index is 0.00240. The summed E-state index contributed by atoms with van der Waals surface area (Å²) in [4.78, 5) is 66.0. The van der Waals surface area contributed by atoms with Gasteiger partial charge < -0.3 is 30.0 Å². The molecule has 4 aromatic carbocycles. The second kappa shape index (κ2) is 17.6. The smallest absolute Gasteiger partial charge is 0.480 e. The minimum atomic E-state index is -4.54.